The summed E-state index contributed by atoms with van der Waals surface area (Å²) in [7, 11) is -3.44. The lowest BCUT2D eigenvalue weighted by atomic mass is 10.1. The summed E-state index contributed by atoms with van der Waals surface area (Å²) in [4.78, 5) is 11.7. The lowest BCUT2D eigenvalue weighted by molar-refractivity contribution is 0.101. The van der Waals surface area contributed by atoms with Gasteiger partial charge in [0.1, 0.15) is 0 Å². The van der Waals surface area contributed by atoms with Crippen molar-refractivity contribution >= 4 is 37.2 Å². The molecule has 0 fully saturated rings. The van der Waals surface area contributed by atoms with E-state index in [4.69, 9.17) is 5.73 Å². The van der Waals surface area contributed by atoms with E-state index in [0.717, 1.165) is 6.26 Å². The number of carbonyl (C=O) groups excluding carboxylic acids is 1. The summed E-state index contributed by atoms with van der Waals surface area (Å²) in [6, 6.07) is 6.20. The molecule has 1 rings (SSSR count). The number of carbonyl (C=O) groups is 1. The molecule has 0 aliphatic heterocycles. The highest BCUT2D eigenvalue weighted by Crippen LogP contribution is 2.16. The summed E-state index contributed by atoms with van der Waals surface area (Å²) in [6.45, 7) is 0. The average molecular weight is 292 g/mol. The van der Waals surface area contributed by atoms with Gasteiger partial charge in [-0.15, -0.1) is 0 Å². The SMILES string of the molecule is CS(=O)(=O)[C@@H](Br)C(=O)c1cccc(N)c1. The van der Waals surface area contributed by atoms with Gasteiger partial charge in [0.05, 0.1) is 0 Å². The monoisotopic (exact) mass is 291 g/mol. The summed E-state index contributed by atoms with van der Waals surface area (Å²) >= 11 is 2.85. The first kappa shape index (κ1) is 12.2. The van der Waals surface area contributed by atoms with Crippen LogP contribution in [0.4, 0.5) is 5.69 Å². The highest BCUT2D eigenvalue weighted by atomic mass is 79.9. The van der Waals surface area contributed by atoms with Gasteiger partial charge in [-0.05, 0) is 12.1 Å². The number of rotatable bonds is 3. The molecule has 0 amide bonds. The van der Waals surface area contributed by atoms with Crippen molar-refractivity contribution in [2.75, 3.05) is 12.0 Å². The Balaban J connectivity index is 3.06. The molecule has 15 heavy (non-hydrogen) atoms. The Morgan fingerprint density at radius 1 is 1.47 bits per heavy atom. The first-order valence-corrected chi connectivity index (χ1v) is 6.92. The van der Waals surface area contributed by atoms with E-state index in [1.165, 1.54) is 12.1 Å². The van der Waals surface area contributed by atoms with Crippen molar-refractivity contribution in [2.24, 2.45) is 0 Å². The van der Waals surface area contributed by atoms with Crippen LogP contribution in [0.2, 0.25) is 0 Å². The van der Waals surface area contributed by atoms with Crippen LogP contribution >= 0.6 is 15.9 Å². The van der Waals surface area contributed by atoms with Crippen molar-refractivity contribution in [1.82, 2.24) is 0 Å². The van der Waals surface area contributed by atoms with Gasteiger partial charge in [0.15, 0.2) is 19.8 Å². The zero-order valence-electron chi connectivity index (χ0n) is 7.98. The number of hydrogen-bond donors (Lipinski definition) is 1. The topological polar surface area (TPSA) is 77.2 Å². The van der Waals surface area contributed by atoms with Crippen molar-refractivity contribution in [3.63, 3.8) is 0 Å². The van der Waals surface area contributed by atoms with Crippen LogP contribution in [0, 0.1) is 0 Å². The second-order valence-electron chi connectivity index (χ2n) is 3.14. The van der Waals surface area contributed by atoms with E-state index >= 15 is 0 Å². The third-order valence-electron chi connectivity index (χ3n) is 1.75. The molecule has 0 heterocycles. The van der Waals surface area contributed by atoms with Crippen LogP contribution in [0.25, 0.3) is 0 Å². The second kappa shape index (κ2) is 4.32. The summed E-state index contributed by atoms with van der Waals surface area (Å²) in [5, 5.41) is 0. The predicted molar refractivity (Wildman–Crippen MR) is 62.7 cm³/mol. The van der Waals surface area contributed by atoms with Crippen molar-refractivity contribution in [2.45, 2.75) is 4.16 Å². The van der Waals surface area contributed by atoms with Crippen LogP contribution in [0.3, 0.4) is 0 Å². The summed E-state index contributed by atoms with van der Waals surface area (Å²) in [6.07, 6.45) is 0.997. The highest BCUT2D eigenvalue weighted by Gasteiger charge is 2.26. The van der Waals surface area contributed by atoms with Crippen LogP contribution in [0.1, 0.15) is 10.4 Å². The Morgan fingerprint density at radius 3 is 2.53 bits per heavy atom. The Labute approximate surface area is 96.5 Å². The smallest absolute Gasteiger partial charge is 0.191 e. The number of nitrogens with two attached hydrogens (primary N) is 1. The third-order valence-corrected chi connectivity index (χ3v) is 5.17. The van der Waals surface area contributed by atoms with Crippen LogP contribution in [-0.2, 0) is 9.84 Å². The number of anilines is 1. The van der Waals surface area contributed by atoms with Crippen molar-refractivity contribution in [1.29, 1.82) is 0 Å². The number of benzene rings is 1. The minimum absolute atomic E-state index is 0.280. The lowest BCUT2D eigenvalue weighted by Gasteiger charge is -2.06. The molecule has 2 N–H and O–H groups in total. The summed E-state index contributed by atoms with van der Waals surface area (Å²) in [5.74, 6) is -0.509. The minimum atomic E-state index is -3.44. The molecule has 0 unspecified atom stereocenters. The van der Waals surface area contributed by atoms with Gasteiger partial charge in [-0.2, -0.15) is 0 Å². The molecule has 0 radical (unpaired) electrons. The van der Waals surface area contributed by atoms with Crippen LogP contribution in [0.15, 0.2) is 24.3 Å². The van der Waals surface area contributed by atoms with Crippen LogP contribution in [0.5, 0.6) is 0 Å². The number of ketones is 1. The Bertz CT molecular complexity index is 484. The standard InChI is InChI=1S/C9H10BrNO3S/c1-15(13,14)9(10)8(12)6-3-2-4-7(11)5-6/h2-5,9H,11H2,1H3/t9-/m1/s1. The van der Waals surface area contributed by atoms with Crippen molar-refractivity contribution in [3.05, 3.63) is 29.8 Å². The van der Waals surface area contributed by atoms with Gasteiger partial charge in [0.2, 0.25) is 0 Å². The van der Waals surface area contributed by atoms with E-state index in [1.54, 1.807) is 12.1 Å². The fourth-order valence-corrected chi connectivity index (χ4v) is 1.81. The van der Waals surface area contributed by atoms with Gasteiger partial charge in [-0.1, -0.05) is 28.1 Å². The van der Waals surface area contributed by atoms with Crippen LogP contribution in [-0.4, -0.2) is 24.6 Å². The Kier molecular flexibility index (Phi) is 3.51. The minimum Gasteiger partial charge on any atom is -0.399 e. The molecule has 1 aromatic carbocycles. The van der Waals surface area contributed by atoms with E-state index in [9.17, 15) is 13.2 Å². The van der Waals surface area contributed by atoms with Crippen molar-refractivity contribution < 1.29 is 13.2 Å². The molecule has 0 aliphatic rings. The van der Waals surface area contributed by atoms with E-state index < -0.39 is 19.8 Å². The van der Waals surface area contributed by atoms with Gasteiger partial charge in [0, 0.05) is 17.5 Å². The van der Waals surface area contributed by atoms with Gasteiger partial charge in [-0.25, -0.2) is 8.42 Å². The lowest BCUT2D eigenvalue weighted by Crippen LogP contribution is -2.23. The number of hydrogen-bond acceptors (Lipinski definition) is 4. The molecule has 6 heteroatoms. The molecule has 0 aromatic heterocycles. The predicted octanol–water partition coefficient (Wildman–Crippen LogP) is 1.22. The van der Waals surface area contributed by atoms with Crippen LogP contribution < -0.4 is 5.73 Å². The van der Waals surface area contributed by atoms with Gasteiger partial charge in [0.25, 0.3) is 0 Å². The largest absolute Gasteiger partial charge is 0.399 e. The first-order chi connectivity index (χ1) is 6.82. The number of sulfone groups is 1. The van der Waals surface area contributed by atoms with E-state index in [2.05, 4.69) is 15.9 Å². The summed E-state index contributed by atoms with van der Waals surface area (Å²) < 4.78 is 21.0. The molecular formula is C9H10BrNO3S. The molecular weight excluding hydrogens is 282 g/mol. The molecule has 0 saturated carbocycles. The molecule has 1 atom stereocenters. The number of nitrogen functional groups attached to an aromatic ring is 1. The molecule has 0 spiro atoms. The van der Waals surface area contributed by atoms with Gasteiger partial charge < -0.3 is 5.73 Å². The highest BCUT2D eigenvalue weighted by molar-refractivity contribution is 9.11. The maximum Gasteiger partial charge on any atom is 0.191 e. The van der Waals surface area contributed by atoms with Crippen molar-refractivity contribution in [3.8, 4) is 0 Å². The van der Waals surface area contributed by atoms with E-state index in [1.807, 2.05) is 0 Å². The number of Topliss-reactive ketones (excluding diaryl/α,β-unsaturated/α-hetero) is 1. The molecule has 0 saturated heterocycles. The molecule has 1 aromatic rings. The van der Waals surface area contributed by atoms with Gasteiger partial charge in [-0.3, -0.25) is 4.79 Å². The second-order valence-corrected chi connectivity index (χ2v) is 6.79. The molecule has 0 bridgehead atoms. The first-order valence-electron chi connectivity index (χ1n) is 4.05. The maximum atomic E-state index is 11.7. The zero-order valence-corrected chi connectivity index (χ0v) is 10.4. The zero-order chi connectivity index (χ0) is 11.6. The fraction of sp³-hybridized carbons (Fsp3) is 0.222. The van der Waals surface area contributed by atoms with E-state index in [-0.39, 0.29) is 5.56 Å². The summed E-state index contributed by atoms with van der Waals surface area (Å²) in [5.41, 5.74) is 6.19. The number of alkyl halides is 1. The quantitative estimate of drug-likeness (QED) is 0.516. The third kappa shape index (κ3) is 3.04. The Morgan fingerprint density at radius 2 is 2.07 bits per heavy atom. The Hall–Kier alpha value is -0.880. The maximum absolute atomic E-state index is 11.7. The fourth-order valence-electron chi connectivity index (χ4n) is 1.02. The molecule has 4 nitrogen and oxygen atoms in total. The molecule has 0 aliphatic carbocycles. The normalized spacial score (nSPS) is 13.5. The molecule has 82 valence electrons. The van der Waals surface area contributed by atoms with E-state index in [0.29, 0.717) is 5.69 Å². The average Bonchev–Trinajstić information content (AvgIpc) is 2.14. The van der Waals surface area contributed by atoms with Gasteiger partial charge >= 0.3 is 0 Å². The number of halogens is 1.